The molecule has 1 unspecified atom stereocenters. The number of unbranched alkanes of at least 4 members (excludes halogenated alkanes) is 1. The zero-order valence-electron chi connectivity index (χ0n) is 6.55. The summed E-state index contributed by atoms with van der Waals surface area (Å²) in [5, 5.41) is 8.44. The Hall–Kier alpha value is -0.370. The normalized spacial score (nSPS) is 13.0. The van der Waals surface area contributed by atoms with Crippen LogP contribution in [0.2, 0.25) is 0 Å². The molecular weight excluding hydrogens is 128 g/mol. The molecule has 1 atom stereocenters. The summed E-state index contributed by atoms with van der Waals surface area (Å²) in [5.41, 5.74) is 0. The number of aliphatic hydroxyl groups is 1. The van der Waals surface area contributed by atoms with Crippen molar-refractivity contribution in [3.63, 3.8) is 0 Å². The van der Waals surface area contributed by atoms with Gasteiger partial charge in [0.05, 0.1) is 0 Å². The van der Waals surface area contributed by atoms with E-state index in [-0.39, 0.29) is 12.5 Å². The van der Waals surface area contributed by atoms with E-state index in [1.807, 2.05) is 6.92 Å². The van der Waals surface area contributed by atoms with E-state index in [9.17, 15) is 4.79 Å². The number of hydrogen-bond donors (Lipinski definition) is 1. The highest BCUT2D eigenvalue weighted by atomic mass is 16.2. The number of hydrogen-bond acceptors (Lipinski definition) is 2. The second-order valence-electron chi connectivity index (χ2n) is 2.52. The Morgan fingerprint density at radius 2 is 2.20 bits per heavy atom. The third-order valence-corrected chi connectivity index (χ3v) is 1.70. The molecule has 0 aromatic carbocycles. The van der Waals surface area contributed by atoms with E-state index in [0.29, 0.717) is 0 Å². The average molecular weight is 144 g/mol. The first kappa shape index (κ1) is 9.63. The van der Waals surface area contributed by atoms with Gasteiger partial charge >= 0.3 is 0 Å². The average Bonchev–Trinajstić information content (AvgIpc) is 1.99. The van der Waals surface area contributed by atoms with Crippen LogP contribution in [0.15, 0.2) is 0 Å². The lowest BCUT2D eigenvalue weighted by atomic mass is 10.0. The van der Waals surface area contributed by atoms with Crippen LogP contribution in [-0.4, -0.2) is 18.0 Å². The Kier molecular flexibility index (Phi) is 6.50. The van der Waals surface area contributed by atoms with Crippen LogP contribution in [0.25, 0.3) is 0 Å². The van der Waals surface area contributed by atoms with Crippen molar-refractivity contribution in [2.45, 2.75) is 32.6 Å². The van der Waals surface area contributed by atoms with Crippen molar-refractivity contribution in [1.82, 2.24) is 0 Å². The van der Waals surface area contributed by atoms with Gasteiger partial charge in [0.1, 0.15) is 6.29 Å². The Morgan fingerprint density at radius 3 is 2.60 bits per heavy atom. The molecule has 0 aromatic rings. The van der Waals surface area contributed by atoms with Gasteiger partial charge in [0, 0.05) is 12.5 Å². The lowest BCUT2D eigenvalue weighted by Crippen LogP contribution is -2.00. The quantitative estimate of drug-likeness (QED) is 0.451. The maximum atomic E-state index is 10.3. The molecule has 10 heavy (non-hydrogen) atoms. The molecule has 0 fully saturated rings. The molecule has 0 bridgehead atoms. The predicted octanol–water partition coefficient (Wildman–Crippen LogP) is 1.37. The maximum absolute atomic E-state index is 10.3. The first-order chi connectivity index (χ1) is 4.85. The molecule has 0 aliphatic rings. The van der Waals surface area contributed by atoms with E-state index in [0.717, 1.165) is 32.0 Å². The van der Waals surface area contributed by atoms with Crippen molar-refractivity contribution in [2.24, 2.45) is 5.92 Å². The van der Waals surface area contributed by atoms with Crippen molar-refractivity contribution in [3.8, 4) is 0 Å². The van der Waals surface area contributed by atoms with Crippen LogP contribution in [0.3, 0.4) is 0 Å². The Labute approximate surface area is 62.2 Å². The van der Waals surface area contributed by atoms with Gasteiger partial charge in [-0.25, -0.2) is 0 Å². The molecule has 0 aliphatic heterocycles. The van der Waals surface area contributed by atoms with Crippen molar-refractivity contribution >= 4 is 6.29 Å². The van der Waals surface area contributed by atoms with Gasteiger partial charge in [-0.05, 0) is 19.3 Å². The molecular formula is C8H16O2. The Balaban J connectivity index is 3.17. The molecule has 1 N–H and O–H groups in total. The number of carbonyl (C=O) groups excluding carboxylic acids is 1. The molecule has 0 radical (unpaired) electrons. The molecule has 0 amide bonds. The topological polar surface area (TPSA) is 37.3 Å². The fourth-order valence-corrected chi connectivity index (χ4v) is 0.887. The predicted molar refractivity (Wildman–Crippen MR) is 40.8 cm³/mol. The minimum Gasteiger partial charge on any atom is -0.396 e. The Morgan fingerprint density at radius 1 is 1.50 bits per heavy atom. The molecule has 2 nitrogen and oxygen atoms in total. The van der Waals surface area contributed by atoms with Crippen LogP contribution in [0.5, 0.6) is 0 Å². The highest BCUT2D eigenvalue weighted by molar-refractivity contribution is 5.53. The number of rotatable bonds is 6. The van der Waals surface area contributed by atoms with Crippen LogP contribution in [0.4, 0.5) is 0 Å². The van der Waals surface area contributed by atoms with Gasteiger partial charge in [-0.15, -0.1) is 0 Å². The molecule has 0 aliphatic carbocycles. The number of aldehydes is 1. The summed E-state index contributed by atoms with van der Waals surface area (Å²) >= 11 is 0. The van der Waals surface area contributed by atoms with Crippen LogP contribution in [0, 0.1) is 5.92 Å². The lowest BCUT2D eigenvalue weighted by Gasteiger charge is -2.04. The summed E-state index contributed by atoms with van der Waals surface area (Å²) in [4.78, 5) is 10.3. The molecule has 0 heterocycles. The smallest absolute Gasteiger partial charge is 0.123 e. The SMILES string of the molecule is CCC(C=O)CCCCO. The van der Waals surface area contributed by atoms with Crippen LogP contribution in [-0.2, 0) is 4.79 Å². The zero-order valence-corrected chi connectivity index (χ0v) is 6.55. The van der Waals surface area contributed by atoms with E-state index in [1.165, 1.54) is 0 Å². The minimum atomic E-state index is 0.214. The molecule has 0 aromatic heterocycles. The third-order valence-electron chi connectivity index (χ3n) is 1.70. The fourth-order valence-electron chi connectivity index (χ4n) is 0.887. The van der Waals surface area contributed by atoms with Crippen LogP contribution < -0.4 is 0 Å². The molecule has 0 spiro atoms. The zero-order chi connectivity index (χ0) is 7.82. The van der Waals surface area contributed by atoms with E-state index in [4.69, 9.17) is 5.11 Å². The highest BCUT2D eigenvalue weighted by Crippen LogP contribution is 2.08. The maximum Gasteiger partial charge on any atom is 0.123 e. The monoisotopic (exact) mass is 144 g/mol. The summed E-state index contributed by atoms with van der Waals surface area (Å²) in [5.74, 6) is 0.214. The van der Waals surface area contributed by atoms with E-state index < -0.39 is 0 Å². The molecule has 0 saturated carbocycles. The fraction of sp³-hybridized carbons (Fsp3) is 0.875. The van der Waals surface area contributed by atoms with Gasteiger partial charge in [-0.1, -0.05) is 13.3 Å². The number of carbonyl (C=O) groups is 1. The summed E-state index contributed by atoms with van der Waals surface area (Å²) in [6, 6.07) is 0. The van der Waals surface area contributed by atoms with Gasteiger partial charge in [0.25, 0.3) is 0 Å². The molecule has 2 heteroatoms. The van der Waals surface area contributed by atoms with Crippen molar-refractivity contribution in [3.05, 3.63) is 0 Å². The first-order valence-corrected chi connectivity index (χ1v) is 3.91. The van der Waals surface area contributed by atoms with Crippen molar-refractivity contribution < 1.29 is 9.90 Å². The van der Waals surface area contributed by atoms with Gasteiger partial charge in [0.2, 0.25) is 0 Å². The van der Waals surface area contributed by atoms with E-state index in [2.05, 4.69) is 0 Å². The summed E-state index contributed by atoms with van der Waals surface area (Å²) in [6.07, 6.45) is 4.66. The van der Waals surface area contributed by atoms with Crippen molar-refractivity contribution in [2.75, 3.05) is 6.61 Å². The van der Waals surface area contributed by atoms with Crippen LogP contribution in [0.1, 0.15) is 32.6 Å². The van der Waals surface area contributed by atoms with Gasteiger partial charge in [-0.2, -0.15) is 0 Å². The standard InChI is InChI=1S/C8H16O2/c1-2-8(7-10)5-3-4-6-9/h7-9H,2-6H2,1H3. The summed E-state index contributed by atoms with van der Waals surface area (Å²) in [7, 11) is 0. The second-order valence-corrected chi connectivity index (χ2v) is 2.52. The first-order valence-electron chi connectivity index (χ1n) is 3.91. The van der Waals surface area contributed by atoms with E-state index >= 15 is 0 Å². The summed E-state index contributed by atoms with van der Waals surface area (Å²) < 4.78 is 0. The lowest BCUT2D eigenvalue weighted by molar-refractivity contribution is -0.111. The highest BCUT2D eigenvalue weighted by Gasteiger charge is 2.02. The third kappa shape index (κ3) is 4.50. The van der Waals surface area contributed by atoms with E-state index in [1.54, 1.807) is 0 Å². The van der Waals surface area contributed by atoms with Crippen molar-refractivity contribution in [1.29, 1.82) is 0 Å². The number of aliphatic hydroxyl groups excluding tert-OH is 1. The summed E-state index contributed by atoms with van der Waals surface area (Å²) in [6.45, 7) is 2.26. The Bertz CT molecular complexity index is 81.3. The van der Waals surface area contributed by atoms with Crippen LogP contribution >= 0.6 is 0 Å². The largest absolute Gasteiger partial charge is 0.396 e. The minimum absolute atomic E-state index is 0.214. The van der Waals surface area contributed by atoms with Gasteiger partial charge < -0.3 is 9.90 Å². The van der Waals surface area contributed by atoms with Gasteiger partial charge in [-0.3, -0.25) is 0 Å². The van der Waals surface area contributed by atoms with Gasteiger partial charge in [0.15, 0.2) is 0 Å². The second kappa shape index (κ2) is 6.75. The molecule has 0 saturated heterocycles. The molecule has 0 rings (SSSR count). The molecule has 60 valence electrons.